The van der Waals surface area contributed by atoms with Crippen LogP contribution in [0.2, 0.25) is 0 Å². The van der Waals surface area contributed by atoms with E-state index in [1.807, 2.05) is 18.2 Å². The fourth-order valence-corrected chi connectivity index (χ4v) is 3.44. The summed E-state index contributed by atoms with van der Waals surface area (Å²) in [6.07, 6.45) is 5.30. The molecule has 2 aromatic rings. The average molecular weight is 510 g/mol. The van der Waals surface area contributed by atoms with Gasteiger partial charge in [-0.05, 0) is 49.8 Å². The molecule has 1 aliphatic carbocycles. The van der Waals surface area contributed by atoms with Crippen molar-refractivity contribution in [2.75, 3.05) is 6.54 Å². The Morgan fingerprint density at radius 3 is 2.45 bits per heavy atom. The third-order valence-electron chi connectivity index (χ3n) is 5.08. The van der Waals surface area contributed by atoms with Gasteiger partial charge in [-0.1, -0.05) is 30.3 Å². The van der Waals surface area contributed by atoms with Crippen molar-refractivity contribution < 1.29 is 5.11 Å². The minimum atomic E-state index is -0.150. The van der Waals surface area contributed by atoms with Gasteiger partial charge in [0.05, 0.1) is 19.2 Å². The maximum atomic E-state index is 11.8. The lowest BCUT2D eigenvalue weighted by atomic mass is 9.93. The van der Waals surface area contributed by atoms with Gasteiger partial charge in [0.2, 0.25) is 0 Å². The molecule has 0 saturated heterocycles. The molecule has 158 valence electrons. The molecule has 1 fully saturated rings. The lowest BCUT2D eigenvalue weighted by Gasteiger charge is -2.27. The summed E-state index contributed by atoms with van der Waals surface area (Å²) < 4.78 is 1.70. The quantitative estimate of drug-likeness (QED) is 0.318. The van der Waals surface area contributed by atoms with Gasteiger partial charge in [0.25, 0.3) is 5.56 Å². The number of aliphatic hydroxyl groups is 1. The van der Waals surface area contributed by atoms with Gasteiger partial charge in [-0.15, -0.1) is 24.0 Å². The number of halogens is 1. The summed E-state index contributed by atoms with van der Waals surface area (Å²) >= 11 is 0. The molecule has 3 rings (SSSR count). The van der Waals surface area contributed by atoms with Crippen molar-refractivity contribution in [1.82, 2.24) is 15.2 Å². The van der Waals surface area contributed by atoms with Crippen LogP contribution in [0.3, 0.4) is 0 Å². The van der Waals surface area contributed by atoms with Crippen molar-refractivity contribution in [1.29, 1.82) is 0 Å². The first-order chi connectivity index (χ1) is 13.6. The molecule has 0 spiro atoms. The van der Waals surface area contributed by atoms with E-state index >= 15 is 0 Å². The molecular formula is C22H31IN4O2. The molecule has 0 unspecified atom stereocenters. The number of benzene rings is 1. The lowest BCUT2D eigenvalue weighted by Crippen LogP contribution is -2.45. The zero-order chi connectivity index (χ0) is 19.8. The molecule has 1 heterocycles. The van der Waals surface area contributed by atoms with Gasteiger partial charge in [-0.25, -0.2) is 4.99 Å². The molecule has 0 bridgehead atoms. The Morgan fingerprint density at radius 2 is 1.79 bits per heavy atom. The first-order valence-corrected chi connectivity index (χ1v) is 10.1. The van der Waals surface area contributed by atoms with Crippen LogP contribution >= 0.6 is 24.0 Å². The van der Waals surface area contributed by atoms with Crippen LogP contribution in [0.4, 0.5) is 0 Å². The molecular weight excluding hydrogens is 479 g/mol. The van der Waals surface area contributed by atoms with Gasteiger partial charge in [-0.2, -0.15) is 0 Å². The Morgan fingerprint density at radius 1 is 1.10 bits per heavy atom. The number of nitrogens with one attached hydrogen (secondary N) is 2. The molecule has 7 heteroatoms. The Kier molecular flexibility index (Phi) is 9.66. The minimum Gasteiger partial charge on any atom is -0.393 e. The molecule has 1 saturated carbocycles. The Bertz CT molecular complexity index is 827. The van der Waals surface area contributed by atoms with Crippen LogP contribution in [0.1, 0.15) is 43.7 Å². The molecule has 0 radical (unpaired) electrons. The fourth-order valence-electron chi connectivity index (χ4n) is 3.44. The highest BCUT2D eigenvalue weighted by atomic mass is 127. The summed E-state index contributed by atoms with van der Waals surface area (Å²) in [6.45, 7) is 4.03. The summed E-state index contributed by atoms with van der Waals surface area (Å²) in [5, 5.41) is 16.4. The zero-order valence-electron chi connectivity index (χ0n) is 16.9. The predicted octanol–water partition coefficient (Wildman–Crippen LogP) is 2.87. The van der Waals surface area contributed by atoms with Crippen LogP contribution in [0.25, 0.3) is 0 Å². The highest BCUT2D eigenvalue weighted by molar-refractivity contribution is 14.0. The number of aliphatic hydroxyl groups excluding tert-OH is 1. The van der Waals surface area contributed by atoms with Crippen molar-refractivity contribution >= 4 is 29.9 Å². The number of nitrogens with zero attached hydrogens (tertiary/aromatic N) is 2. The van der Waals surface area contributed by atoms with Gasteiger partial charge < -0.3 is 20.3 Å². The van der Waals surface area contributed by atoms with Crippen molar-refractivity contribution in [3.8, 4) is 0 Å². The van der Waals surface area contributed by atoms with E-state index in [0.29, 0.717) is 19.1 Å². The SMILES string of the molecule is CCNC(=NCc1ccc(Cn2ccccc2=O)cc1)NC1CCC(O)CC1.I. The standard InChI is InChI=1S/C22H30N4O2.HI/c1-2-23-22(25-19-10-12-20(27)13-11-19)24-15-17-6-8-18(9-7-17)16-26-14-4-3-5-21(26)28;/h3-9,14,19-20,27H,2,10-13,15-16H2,1H3,(H2,23,24,25);1H. The van der Waals surface area contributed by atoms with Crippen LogP contribution < -0.4 is 16.2 Å². The lowest BCUT2D eigenvalue weighted by molar-refractivity contribution is 0.120. The third kappa shape index (κ3) is 7.47. The topological polar surface area (TPSA) is 78.7 Å². The van der Waals surface area contributed by atoms with Gasteiger partial charge in [0.1, 0.15) is 0 Å². The Hall–Kier alpha value is -1.87. The highest BCUT2D eigenvalue weighted by Crippen LogP contribution is 2.18. The van der Waals surface area contributed by atoms with E-state index in [0.717, 1.165) is 49.3 Å². The average Bonchev–Trinajstić information content (AvgIpc) is 2.71. The number of aromatic nitrogens is 1. The van der Waals surface area contributed by atoms with Crippen LogP contribution in [0.15, 0.2) is 58.4 Å². The molecule has 0 aliphatic heterocycles. The van der Waals surface area contributed by atoms with E-state index in [2.05, 4.69) is 29.7 Å². The number of aliphatic imine (C=N–C) groups is 1. The molecule has 0 atom stereocenters. The van der Waals surface area contributed by atoms with Crippen LogP contribution in [-0.2, 0) is 13.1 Å². The maximum absolute atomic E-state index is 11.8. The van der Waals surface area contributed by atoms with Crippen molar-refractivity contribution in [2.45, 2.75) is 57.8 Å². The summed E-state index contributed by atoms with van der Waals surface area (Å²) in [4.78, 5) is 16.5. The third-order valence-corrected chi connectivity index (χ3v) is 5.08. The summed E-state index contributed by atoms with van der Waals surface area (Å²) in [7, 11) is 0. The molecule has 0 amide bonds. The van der Waals surface area contributed by atoms with Gasteiger partial charge >= 0.3 is 0 Å². The second-order valence-electron chi connectivity index (χ2n) is 7.33. The molecule has 1 aliphatic rings. The largest absolute Gasteiger partial charge is 0.393 e. The van der Waals surface area contributed by atoms with Crippen molar-refractivity contribution in [3.05, 3.63) is 70.1 Å². The first-order valence-electron chi connectivity index (χ1n) is 10.1. The highest BCUT2D eigenvalue weighted by Gasteiger charge is 2.19. The smallest absolute Gasteiger partial charge is 0.250 e. The number of hydrogen-bond donors (Lipinski definition) is 3. The molecule has 6 nitrogen and oxygen atoms in total. The predicted molar refractivity (Wildman–Crippen MR) is 128 cm³/mol. The Balaban J connectivity index is 0.00000300. The maximum Gasteiger partial charge on any atom is 0.250 e. The molecule has 1 aromatic carbocycles. The number of pyridine rings is 1. The van der Waals surface area contributed by atoms with Crippen LogP contribution in [0, 0.1) is 0 Å². The van der Waals surface area contributed by atoms with E-state index in [4.69, 9.17) is 4.99 Å². The number of hydrogen-bond acceptors (Lipinski definition) is 3. The van der Waals surface area contributed by atoms with E-state index < -0.39 is 0 Å². The first kappa shape index (κ1) is 23.4. The van der Waals surface area contributed by atoms with Crippen molar-refractivity contribution in [2.24, 2.45) is 4.99 Å². The summed E-state index contributed by atoms with van der Waals surface area (Å²) in [5.74, 6) is 0.823. The Labute approximate surface area is 189 Å². The van der Waals surface area contributed by atoms with Crippen LogP contribution in [-0.4, -0.2) is 34.3 Å². The van der Waals surface area contributed by atoms with Gasteiger partial charge in [0, 0.05) is 24.8 Å². The van der Waals surface area contributed by atoms with Crippen molar-refractivity contribution in [3.63, 3.8) is 0 Å². The molecule has 29 heavy (non-hydrogen) atoms. The van der Waals surface area contributed by atoms with E-state index in [9.17, 15) is 9.90 Å². The second-order valence-corrected chi connectivity index (χ2v) is 7.33. The minimum absolute atomic E-state index is 0. The fraction of sp³-hybridized carbons (Fsp3) is 0.455. The van der Waals surface area contributed by atoms with E-state index in [-0.39, 0.29) is 35.6 Å². The second kappa shape index (κ2) is 12.0. The zero-order valence-corrected chi connectivity index (χ0v) is 19.2. The summed E-state index contributed by atoms with van der Waals surface area (Å²) in [5.41, 5.74) is 2.22. The molecule has 3 N–H and O–H groups in total. The van der Waals surface area contributed by atoms with E-state index in [1.54, 1.807) is 22.9 Å². The number of rotatable bonds is 6. The summed E-state index contributed by atoms with van der Waals surface area (Å²) in [6, 6.07) is 13.8. The monoisotopic (exact) mass is 510 g/mol. The van der Waals surface area contributed by atoms with Crippen LogP contribution in [0.5, 0.6) is 0 Å². The van der Waals surface area contributed by atoms with E-state index in [1.165, 1.54) is 0 Å². The van der Waals surface area contributed by atoms with Gasteiger partial charge in [-0.3, -0.25) is 4.79 Å². The normalized spacial score (nSPS) is 19.3. The molecule has 1 aromatic heterocycles. The number of guanidine groups is 1. The van der Waals surface area contributed by atoms with Gasteiger partial charge in [0.15, 0.2) is 5.96 Å².